The first-order valence-corrected chi connectivity index (χ1v) is 7.39. The number of nitrogens with one attached hydrogen (secondary N) is 1. The molecule has 1 aliphatic rings. The molecule has 0 unspecified atom stereocenters. The molecule has 0 spiro atoms. The molecule has 23 heavy (non-hydrogen) atoms. The summed E-state index contributed by atoms with van der Waals surface area (Å²) in [5.41, 5.74) is 2.64. The zero-order valence-corrected chi connectivity index (χ0v) is 12.5. The van der Waals surface area contributed by atoms with E-state index < -0.39 is 0 Å². The van der Waals surface area contributed by atoms with Crippen molar-refractivity contribution in [2.24, 2.45) is 0 Å². The fourth-order valence-corrected chi connectivity index (χ4v) is 2.34. The van der Waals surface area contributed by atoms with Gasteiger partial charge < -0.3 is 14.8 Å². The number of carbonyl (C=O) groups is 1. The van der Waals surface area contributed by atoms with E-state index in [2.05, 4.69) is 11.4 Å². The fraction of sp³-hybridized carbons (Fsp3) is 0.222. The van der Waals surface area contributed by atoms with Crippen molar-refractivity contribution in [3.63, 3.8) is 0 Å². The van der Waals surface area contributed by atoms with E-state index in [4.69, 9.17) is 14.7 Å². The van der Waals surface area contributed by atoms with Crippen LogP contribution in [0.5, 0.6) is 11.5 Å². The molecule has 1 aliphatic heterocycles. The van der Waals surface area contributed by atoms with Gasteiger partial charge in [-0.15, -0.1) is 0 Å². The third-order valence-electron chi connectivity index (χ3n) is 3.65. The Hall–Kier alpha value is -3.00. The van der Waals surface area contributed by atoms with Crippen molar-refractivity contribution in [1.82, 2.24) is 5.32 Å². The summed E-state index contributed by atoms with van der Waals surface area (Å²) < 4.78 is 10.6. The Morgan fingerprint density at radius 2 is 1.83 bits per heavy atom. The van der Waals surface area contributed by atoms with E-state index in [9.17, 15) is 4.79 Å². The van der Waals surface area contributed by atoms with Crippen LogP contribution in [-0.4, -0.2) is 12.7 Å². The predicted octanol–water partition coefficient (Wildman–Crippen LogP) is 2.54. The third-order valence-corrected chi connectivity index (χ3v) is 3.65. The lowest BCUT2D eigenvalue weighted by Gasteiger charge is -2.06. The molecular weight excluding hydrogens is 292 g/mol. The Bertz CT molecular complexity index is 748. The van der Waals surface area contributed by atoms with E-state index in [0.29, 0.717) is 30.7 Å². The highest BCUT2D eigenvalue weighted by atomic mass is 16.7. The Morgan fingerprint density at radius 1 is 1.09 bits per heavy atom. The first-order chi connectivity index (χ1) is 11.2. The summed E-state index contributed by atoms with van der Waals surface area (Å²) in [4.78, 5) is 11.9. The second kappa shape index (κ2) is 6.84. The maximum Gasteiger partial charge on any atom is 0.231 e. The van der Waals surface area contributed by atoms with E-state index in [1.165, 1.54) is 0 Å². The van der Waals surface area contributed by atoms with Gasteiger partial charge in [-0.2, -0.15) is 5.26 Å². The molecule has 116 valence electrons. The molecule has 0 saturated heterocycles. The summed E-state index contributed by atoms with van der Waals surface area (Å²) in [6.07, 6.45) is 1.06. The van der Waals surface area contributed by atoms with Crippen LogP contribution in [0.2, 0.25) is 0 Å². The Labute approximate surface area is 134 Å². The molecule has 2 aromatic carbocycles. The Kier molecular flexibility index (Phi) is 4.44. The van der Waals surface area contributed by atoms with E-state index in [1.54, 1.807) is 12.1 Å². The van der Waals surface area contributed by atoms with Crippen LogP contribution in [0.3, 0.4) is 0 Å². The molecule has 2 aromatic rings. The number of nitrogens with zero attached hydrogens (tertiary/aromatic N) is 1. The Morgan fingerprint density at radius 3 is 2.61 bits per heavy atom. The van der Waals surface area contributed by atoms with Crippen molar-refractivity contribution in [3.8, 4) is 17.6 Å². The maximum atomic E-state index is 11.9. The summed E-state index contributed by atoms with van der Waals surface area (Å²) in [5, 5.41) is 11.6. The molecule has 0 saturated carbocycles. The highest BCUT2D eigenvalue weighted by Gasteiger charge is 2.13. The summed E-state index contributed by atoms with van der Waals surface area (Å²) in [5.74, 6) is 1.45. The van der Waals surface area contributed by atoms with Crippen molar-refractivity contribution in [2.45, 2.75) is 19.4 Å². The van der Waals surface area contributed by atoms with Crippen LogP contribution in [0.4, 0.5) is 0 Å². The molecule has 0 aromatic heterocycles. The van der Waals surface area contributed by atoms with Crippen molar-refractivity contribution in [3.05, 3.63) is 59.2 Å². The lowest BCUT2D eigenvalue weighted by molar-refractivity contribution is -0.121. The van der Waals surface area contributed by atoms with Crippen molar-refractivity contribution < 1.29 is 14.3 Å². The van der Waals surface area contributed by atoms with E-state index in [0.717, 1.165) is 16.9 Å². The van der Waals surface area contributed by atoms with Gasteiger partial charge in [-0.1, -0.05) is 18.2 Å². The SMILES string of the molecule is N#Cc1ccc(CCC(=O)NCc2ccc3c(c2)OCO3)cc1. The van der Waals surface area contributed by atoms with Gasteiger partial charge in [-0.05, 0) is 41.8 Å². The number of carbonyl (C=O) groups excluding carboxylic acids is 1. The Balaban J connectivity index is 1.47. The molecule has 0 fully saturated rings. The van der Waals surface area contributed by atoms with Crippen LogP contribution in [-0.2, 0) is 17.8 Å². The number of aryl methyl sites for hydroxylation is 1. The standard InChI is InChI=1S/C18H16N2O3/c19-10-14-3-1-13(2-4-14)6-8-18(21)20-11-15-5-7-16-17(9-15)23-12-22-16/h1-5,7,9H,6,8,11-12H2,(H,20,21). The van der Waals surface area contributed by atoms with Crippen LogP contribution in [0.25, 0.3) is 0 Å². The van der Waals surface area contributed by atoms with Gasteiger partial charge in [-0.25, -0.2) is 0 Å². The molecule has 0 aliphatic carbocycles. The topological polar surface area (TPSA) is 71.4 Å². The van der Waals surface area contributed by atoms with E-state index in [1.807, 2.05) is 30.3 Å². The van der Waals surface area contributed by atoms with Gasteiger partial charge in [0.15, 0.2) is 11.5 Å². The molecule has 5 nitrogen and oxygen atoms in total. The van der Waals surface area contributed by atoms with E-state index >= 15 is 0 Å². The number of hydrogen-bond acceptors (Lipinski definition) is 4. The van der Waals surface area contributed by atoms with Crippen molar-refractivity contribution in [1.29, 1.82) is 5.26 Å². The zero-order valence-electron chi connectivity index (χ0n) is 12.5. The maximum absolute atomic E-state index is 11.9. The molecule has 1 N–H and O–H groups in total. The van der Waals surface area contributed by atoms with Crippen LogP contribution in [0.1, 0.15) is 23.1 Å². The van der Waals surface area contributed by atoms with Gasteiger partial charge in [0.05, 0.1) is 11.6 Å². The quantitative estimate of drug-likeness (QED) is 0.921. The highest BCUT2D eigenvalue weighted by Crippen LogP contribution is 2.32. The molecule has 5 heteroatoms. The number of benzene rings is 2. The smallest absolute Gasteiger partial charge is 0.231 e. The third kappa shape index (κ3) is 3.80. The second-order valence-electron chi connectivity index (χ2n) is 5.27. The summed E-state index contributed by atoms with van der Waals surface area (Å²) in [6.45, 7) is 0.707. The molecule has 0 atom stereocenters. The molecule has 0 bridgehead atoms. The van der Waals surface area contributed by atoms with Crippen LogP contribution >= 0.6 is 0 Å². The summed E-state index contributed by atoms with van der Waals surface area (Å²) >= 11 is 0. The normalized spacial score (nSPS) is 11.8. The zero-order chi connectivity index (χ0) is 16.1. The number of rotatable bonds is 5. The lowest BCUT2D eigenvalue weighted by Crippen LogP contribution is -2.22. The van der Waals surface area contributed by atoms with Crippen molar-refractivity contribution in [2.75, 3.05) is 6.79 Å². The summed E-state index contributed by atoms with van der Waals surface area (Å²) in [6, 6.07) is 15.0. The van der Waals surface area contributed by atoms with Crippen LogP contribution in [0.15, 0.2) is 42.5 Å². The number of amides is 1. The van der Waals surface area contributed by atoms with Gasteiger partial charge in [0, 0.05) is 13.0 Å². The number of fused-ring (bicyclic) bond motifs is 1. The minimum Gasteiger partial charge on any atom is -0.454 e. The average Bonchev–Trinajstić information content (AvgIpc) is 3.06. The molecule has 1 amide bonds. The summed E-state index contributed by atoms with van der Waals surface area (Å²) in [7, 11) is 0. The minimum absolute atomic E-state index is 0.00738. The number of ether oxygens (including phenoxy) is 2. The first-order valence-electron chi connectivity index (χ1n) is 7.39. The van der Waals surface area contributed by atoms with Crippen LogP contribution in [0, 0.1) is 11.3 Å². The fourth-order valence-electron chi connectivity index (χ4n) is 2.34. The number of nitriles is 1. The lowest BCUT2D eigenvalue weighted by atomic mass is 10.1. The van der Waals surface area contributed by atoms with Gasteiger partial charge in [-0.3, -0.25) is 4.79 Å². The van der Waals surface area contributed by atoms with E-state index in [-0.39, 0.29) is 12.7 Å². The average molecular weight is 308 g/mol. The monoisotopic (exact) mass is 308 g/mol. The molecule has 1 heterocycles. The predicted molar refractivity (Wildman–Crippen MR) is 83.9 cm³/mol. The number of hydrogen-bond donors (Lipinski definition) is 1. The molecule has 3 rings (SSSR count). The van der Waals surface area contributed by atoms with Gasteiger partial charge >= 0.3 is 0 Å². The largest absolute Gasteiger partial charge is 0.454 e. The molecule has 0 radical (unpaired) electrons. The van der Waals surface area contributed by atoms with Crippen LogP contribution < -0.4 is 14.8 Å². The highest BCUT2D eigenvalue weighted by molar-refractivity contribution is 5.76. The van der Waals surface area contributed by atoms with Gasteiger partial charge in [0.1, 0.15) is 0 Å². The molecular formula is C18H16N2O3. The van der Waals surface area contributed by atoms with Gasteiger partial charge in [0.2, 0.25) is 12.7 Å². The minimum atomic E-state index is -0.00738. The second-order valence-corrected chi connectivity index (χ2v) is 5.27. The van der Waals surface area contributed by atoms with Gasteiger partial charge in [0.25, 0.3) is 0 Å². The first kappa shape index (κ1) is 14.9. The van der Waals surface area contributed by atoms with Crippen molar-refractivity contribution >= 4 is 5.91 Å².